The quantitative estimate of drug-likeness (QED) is 0.528. The van der Waals surface area contributed by atoms with Crippen LogP contribution in [0.4, 0.5) is 4.79 Å². The Morgan fingerprint density at radius 3 is 3.00 bits per heavy atom. The van der Waals surface area contributed by atoms with Crippen molar-refractivity contribution >= 4 is 6.09 Å². The fourth-order valence-electron chi connectivity index (χ4n) is 1.32. The van der Waals surface area contributed by atoms with E-state index in [4.69, 9.17) is 10.4 Å². The average molecular weight is 169 g/mol. The zero-order valence-electron chi connectivity index (χ0n) is 6.82. The van der Waals surface area contributed by atoms with Crippen molar-refractivity contribution in [2.75, 3.05) is 13.1 Å². The molecule has 1 aliphatic rings. The molecule has 2 unspecified atom stereocenters. The molecular formula is C7H11N3O2. The number of hydrogen-bond acceptors (Lipinski definition) is 3. The van der Waals surface area contributed by atoms with Gasteiger partial charge in [0.1, 0.15) is 6.04 Å². The zero-order chi connectivity index (χ0) is 9.14. The summed E-state index contributed by atoms with van der Waals surface area (Å²) >= 11 is 0. The first-order valence-electron chi connectivity index (χ1n) is 3.79. The monoisotopic (exact) mass is 169 g/mol. The molecule has 1 heterocycles. The second-order valence-electron chi connectivity index (χ2n) is 2.78. The lowest BCUT2D eigenvalue weighted by Gasteiger charge is -2.34. The molecule has 66 valence electrons. The van der Waals surface area contributed by atoms with Crippen molar-refractivity contribution in [1.29, 1.82) is 5.26 Å². The number of carboxylic acid groups (broad SMARTS) is 1. The maximum Gasteiger partial charge on any atom is 0.407 e. The Balaban J connectivity index is 2.67. The first kappa shape index (κ1) is 8.81. The highest BCUT2D eigenvalue weighted by atomic mass is 16.4. The Kier molecular flexibility index (Phi) is 2.51. The molecule has 0 aliphatic carbocycles. The van der Waals surface area contributed by atoms with Gasteiger partial charge in [0, 0.05) is 13.1 Å². The molecule has 0 spiro atoms. The molecule has 0 aromatic heterocycles. The van der Waals surface area contributed by atoms with Gasteiger partial charge in [0.2, 0.25) is 0 Å². The number of piperazine rings is 1. The third-order valence-electron chi connectivity index (χ3n) is 2.08. The summed E-state index contributed by atoms with van der Waals surface area (Å²) in [6.07, 6.45) is -0.954. The molecule has 2 atom stereocenters. The molecule has 2 N–H and O–H groups in total. The number of rotatable bonds is 0. The van der Waals surface area contributed by atoms with E-state index < -0.39 is 6.09 Å². The normalized spacial score (nSPS) is 29.5. The van der Waals surface area contributed by atoms with Gasteiger partial charge in [-0.15, -0.1) is 0 Å². The molecule has 1 fully saturated rings. The van der Waals surface area contributed by atoms with Crippen LogP contribution < -0.4 is 5.32 Å². The molecule has 1 rings (SSSR count). The number of amides is 1. The van der Waals surface area contributed by atoms with Crippen LogP contribution in [0.25, 0.3) is 0 Å². The van der Waals surface area contributed by atoms with Gasteiger partial charge in [-0.3, -0.25) is 5.32 Å². The minimum absolute atomic E-state index is 0.263. The van der Waals surface area contributed by atoms with Crippen LogP contribution in [0.5, 0.6) is 0 Å². The van der Waals surface area contributed by atoms with Crippen molar-refractivity contribution in [3.8, 4) is 6.07 Å². The summed E-state index contributed by atoms with van der Waals surface area (Å²) < 4.78 is 0. The summed E-state index contributed by atoms with van der Waals surface area (Å²) in [4.78, 5) is 11.9. The Hall–Kier alpha value is -1.28. The summed E-state index contributed by atoms with van der Waals surface area (Å²) in [5.41, 5.74) is 0. The number of carbonyl (C=O) groups is 1. The van der Waals surface area contributed by atoms with Crippen LogP contribution in [-0.2, 0) is 0 Å². The van der Waals surface area contributed by atoms with Gasteiger partial charge in [-0.2, -0.15) is 5.26 Å². The fraction of sp³-hybridized carbons (Fsp3) is 0.714. The molecule has 12 heavy (non-hydrogen) atoms. The van der Waals surface area contributed by atoms with Gasteiger partial charge in [-0.25, -0.2) is 4.79 Å². The Morgan fingerprint density at radius 1 is 1.83 bits per heavy atom. The summed E-state index contributed by atoms with van der Waals surface area (Å²) in [5, 5.41) is 20.3. The predicted octanol–water partition coefficient (Wildman–Crippen LogP) is -0.150. The van der Waals surface area contributed by atoms with Gasteiger partial charge in [0.25, 0.3) is 0 Å². The van der Waals surface area contributed by atoms with Crippen LogP contribution in [0, 0.1) is 11.3 Å². The van der Waals surface area contributed by atoms with Crippen LogP contribution in [0.1, 0.15) is 6.92 Å². The third kappa shape index (κ3) is 1.48. The van der Waals surface area contributed by atoms with E-state index in [1.165, 1.54) is 4.90 Å². The first-order chi connectivity index (χ1) is 5.66. The van der Waals surface area contributed by atoms with Crippen molar-refractivity contribution in [2.24, 2.45) is 0 Å². The minimum atomic E-state index is -0.954. The molecule has 1 aliphatic heterocycles. The van der Waals surface area contributed by atoms with E-state index in [2.05, 4.69) is 5.32 Å². The van der Waals surface area contributed by atoms with Crippen LogP contribution in [0.2, 0.25) is 0 Å². The van der Waals surface area contributed by atoms with Crippen LogP contribution in [0.3, 0.4) is 0 Å². The highest BCUT2D eigenvalue weighted by Gasteiger charge is 2.30. The highest BCUT2D eigenvalue weighted by molar-refractivity contribution is 5.65. The number of nitriles is 1. The van der Waals surface area contributed by atoms with E-state index in [1.54, 1.807) is 6.92 Å². The second kappa shape index (κ2) is 3.41. The number of nitrogens with one attached hydrogen (secondary N) is 1. The molecule has 0 saturated carbocycles. The van der Waals surface area contributed by atoms with Crippen LogP contribution in [0.15, 0.2) is 0 Å². The van der Waals surface area contributed by atoms with Gasteiger partial charge in [0.15, 0.2) is 0 Å². The predicted molar refractivity (Wildman–Crippen MR) is 41.6 cm³/mol. The molecule has 5 nitrogen and oxygen atoms in total. The van der Waals surface area contributed by atoms with E-state index in [0.717, 1.165) is 0 Å². The molecule has 0 radical (unpaired) electrons. The number of nitrogens with zero attached hydrogens (tertiary/aromatic N) is 2. The molecule has 5 heteroatoms. The van der Waals surface area contributed by atoms with Gasteiger partial charge in [-0.1, -0.05) is 0 Å². The lowest BCUT2D eigenvalue weighted by atomic mass is 10.1. The van der Waals surface area contributed by atoms with Crippen LogP contribution >= 0.6 is 0 Å². The summed E-state index contributed by atoms with van der Waals surface area (Å²) in [7, 11) is 0. The summed E-state index contributed by atoms with van der Waals surface area (Å²) in [5.74, 6) is 0. The van der Waals surface area contributed by atoms with Crippen molar-refractivity contribution in [1.82, 2.24) is 10.2 Å². The Morgan fingerprint density at radius 2 is 2.50 bits per heavy atom. The van der Waals surface area contributed by atoms with Crippen molar-refractivity contribution in [3.05, 3.63) is 0 Å². The van der Waals surface area contributed by atoms with E-state index in [0.29, 0.717) is 13.1 Å². The van der Waals surface area contributed by atoms with Gasteiger partial charge in [-0.05, 0) is 6.92 Å². The third-order valence-corrected chi connectivity index (χ3v) is 2.08. The van der Waals surface area contributed by atoms with E-state index in [1.807, 2.05) is 6.07 Å². The fourth-order valence-corrected chi connectivity index (χ4v) is 1.32. The minimum Gasteiger partial charge on any atom is -0.465 e. The van der Waals surface area contributed by atoms with Crippen molar-refractivity contribution in [3.63, 3.8) is 0 Å². The average Bonchev–Trinajstić information content (AvgIpc) is 2.04. The van der Waals surface area contributed by atoms with Gasteiger partial charge >= 0.3 is 6.09 Å². The maximum absolute atomic E-state index is 10.6. The topological polar surface area (TPSA) is 76.4 Å². The zero-order valence-corrected chi connectivity index (χ0v) is 6.82. The molecule has 0 aromatic carbocycles. The molecule has 1 amide bonds. The smallest absolute Gasteiger partial charge is 0.407 e. The standard InChI is InChI=1S/C7H11N3O2/c1-5-6(4-8)9-2-3-10(5)7(11)12/h5-6,9H,2-3H2,1H3,(H,11,12). The number of hydrogen-bond donors (Lipinski definition) is 2. The van der Waals surface area contributed by atoms with E-state index in [9.17, 15) is 4.79 Å². The van der Waals surface area contributed by atoms with Crippen molar-refractivity contribution in [2.45, 2.75) is 19.0 Å². The lowest BCUT2D eigenvalue weighted by molar-refractivity contribution is 0.109. The maximum atomic E-state index is 10.6. The summed E-state index contributed by atoms with van der Waals surface area (Å²) in [6, 6.07) is 1.38. The van der Waals surface area contributed by atoms with Gasteiger partial charge in [0.05, 0.1) is 12.1 Å². The lowest BCUT2D eigenvalue weighted by Crippen LogP contribution is -2.57. The van der Waals surface area contributed by atoms with Gasteiger partial charge < -0.3 is 10.0 Å². The summed E-state index contributed by atoms with van der Waals surface area (Å²) in [6.45, 7) is 2.73. The highest BCUT2D eigenvalue weighted by Crippen LogP contribution is 2.08. The molecular weight excluding hydrogens is 158 g/mol. The molecule has 1 saturated heterocycles. The van der Waals surface area contributed by atoms with E-state index >= 15 is 0 Å². The largest absolute Gasteiger partial charge is 0.465 e. The van der Waals surface area contributed by atoms with E-state index in [-0.39, 0.29) is 12.1 Å². The first-order valence-corrected chi connectivity index (χ1v) is 3.79. The molecule has 0 bridgehead atoms. The molecule has 0 aromatic rings. The van der Waals surface area contributed by atoms with Crippen LogP contribution in [-0.4, -0.2) is 41.3 Å². The van der Waals surface area contributed by atoms with Crippen molar-refractivity contribution < 1.29 is 9.90 Å². The Bertz CT molecular complexity index is 223. The second-order valence-corrected chi connectivity index (χ2v) is 2.78. The Labute approximate surface area is 70.6 Å². The SMILES string of the molecule is CC1C(C#N)NCCN1C(=O)O.